The van der Waals surface area contributed by atoms with E-state index in [4.69, 9.17) is 16.3 Å². The van der Waals surface area contributed by atoms with Crippen LogP contribution in [0.5, 0.6) is 0 Å². The zero-order valence-corrected chi connectivity index (χ0v) is 9.12. The Balaban J connectivity index is 2.37. The monoisotopic (exact) mass is 226 g/mol. The average Bonchev–Trinajstić information content (AvgIpc) is 3.00. The molecule has 0 atom stereocenters. The number of hydrogen-bond donors (Lipinski definition) is 0. The molecule has 0 N–H and O–H groups in total. The van der Waals surface area contributed by atoms with Gasteiger partial charge in [0.25, 0.3) is 0 Å². The SMILES string of the molecule is CCOC(=O)c1c(C2CC2)cnnc1Cl. The van der Waals surface area contributed by atoms with Gasteiger partial charge in [0.2, 0.25) is 0 Å². The van der Waals surface area contributed by atoms with Crippen LogP contribution < -0.4 is 0 Å². The normalized spacial score (nSPS) is 15.1. The molecule has 0 bridgehead atoms. The van der Waals surface area contributed by atoms with E-state index >= 15 is 0 Å². The molecular weight excluding hydrogens is 216 g/mol. The van der Waals surface area contributed by atoms with Gasteiger partial charge >= 0.3 is 5.97 Å². The number of hydrogen-bond acceptors (Lipinski definition) is 4. The standard InChI is InChI=1S/C10H11ClN2O2/c1-2-15-10(14)8-7(6-3-4-6)5-12-13-9(8)11/h5-6H,2-4H2,1H3. The fraction of sp³-hybridized carbons (Fsp3) is 0.500. The molecule has 1 saturated carbocycles. The van der Waals surface area contributed by atoms with Crippen molar-refractivity contribution in [2.75, 3.05) is 6.61 Å². The van der Waals surface area contributed by atoms with Gasteiger partial charge in [-0.3, -0.25) is 0 Å². The van der Waals surface area contributed by atoms with Crippen molar-refractivity contribution in [2.45, 2.75) is 25.7 Å². The maximum absolute atomic E-state index is 11.6. The summed E-state index contributed by atoms with van der Waals surface area (Å²) >= 11 is 5.86. The lowest BCUT2D eigenvalue weighted by atomic mass is 10.1. The first-order valence-corrected chi connectivity index (χ1v) is 5.30. The number of carbonyl (C=O) groups excluding carboxylic acids is 1. The zero-order chi connectivity index (χ0) is 10.8. The minimum Gasteiger partial charge on any atom is -0.462 e. The van der Waals surface area contributed by atoms with Crippen molar-refractivity contribution >= 4 is 17.6 Å². The van der Waals surface area contributed by atoms with Crippen LogP contribution >= 0.6 is 11.6 Å². The topological polar surface area (TPSA) is 52.1 Å². The first kappa shape index (κ1) is 10.4. The van der Waals surface area contributed by atoms with Crippen molar-refractivity contribution in [3.8, 4) is 0 Å². The van der Waals surface area contributed by atoms with Gasteiger partial charge in [0.15, 0.2) is 5.15 Å². The Bertz CT molecular complexity index is 391. The van der Waals surface area contributed by atoms with Crippen molar-refractivity contribution in [1.82, 2.24) is 10.2 Å². The summed E-state index contributed by atoms with van der Waals surface area (Å²) in [5.41, 5.74) is 1.25. The fourth-order valence-corrected chi connectivity index (χ4v) is 1.71. The molecule has 0 radical (unpaired) electrons. The second-order valence-corrected chi connectivity index (χ2v) is 3.82. The predicted molar refractivity (Wildman–Crippen MR) is 55.0 cm³/mol. The summed E-state index contributed by atoms with van der Waals surface area (Å²) in [6, 6.07) is 0. The van der Waals surface area contributed by atoms with Crippen LogP contribution in [-0.2, 0) is 4.74 Å². The molecular formula is C10H11ClN2O2. The Morgan fingerprint density at radius 2 is 2.40 bits per heavy atom. The number of rotatable bonds is 3. The minimum atomic E-state index is -0.403. The maximum atomic E-state index is 11.6. The summed E-state index contributed by atoms with van der Waals surface area (Å²) in [6.45, 7) is 2.10. The van der Waals surface area contributed by atoms with Gasteiger partial charge in [0.05, 0.1) is 12.8 Å². The molecule has 1 aliphatic carbocycles. The summed E-state index contributed by atoms with van der Waals surface area (Å²) in [5.74, 6) is -0.00305. The molecule has 1 aromatic heterocycles. The zero-order valence-electron chi connectivity index (χ0n) is 8.36. The molecule has 0 aromatic carbocycles. The molecule has 0 aliphatic heterocycles. The van der Waals surface area contributed by atoms with Gasteiger partial charge < -0.3 is 4.74 Å². The lowest BCUT2D eigenvalue weighted by molar-refractivity contribution is 0.0524. The average molecular weight is 227 g/mol. The fourth-order valence-electron chi connectivity index (χ4n) is 1.48. The van der Waals surface area contributed by atoms with Crippen LogP contribution in [0.25, 0.3) is 0 Å². The van der Waals surface area contributed by atoms with Crippen LogP contribution in [-0.4, -0.2) is 22.8 Å². The van der Waals surface area contributed by atoms with Crippen molar-refractivity contribution in [1.29, 1.82) is 0 Å². The van der Waals surface area contributed by atoms with Gasteiger partial charge in [-0.25, -0.2) is 4.79 Å². The van der Waals surface area contributed by atoms with Crippen LogP contribution in [0, 0.1) is 0 Å². The first-order valence-electron chi connectivity index (χ1n) is 4.92. The molecule has 0 unspecified atom stereocenters. The third kappa shape index (κ3) is 2.09. The Morgan fingerprint density at radius 3 is 3.00 bits per heavy atom. The molecule has 5 heteroatoms. The highest BCUT2D eigenvalue weighted by molar-refractivity contribution is 6.32. The first-order chi connectivity index (χ1) is 7.24. The van der Waals surface area contributed by atoms with E-state index < -0.39 is 5.97 Å². The number of esters is 1. The number of aromatic nitrogens is 2. The van der Waals surface area contributed by atoms with E-state index in [1.54, 1.807) is 13.1 Å². The van der Waals surface area contributed by atoms with Crippen LogP contribution in [0.15, 0.2) is 6.20 Å². The molecule has 2 rings (SSSR count). The van der Waals surface area contributed by atoms with Crippen LogP contribution in [0.2, 0.25) is 5.15 Å². The number of carbonyl (C=O) groups is 1. The molecule has 0 saturated heterocycles. The van der Waals surface area contributed by atoms with Gasteiger partial charge in [-0.05, 0) is 31.2 Å². The number of nitrogens with zero attached hydrogens (tertiary/aromatic N) is 2. The van der Waals surface area contributed by atoms with E-state index in [1.165, 1.54) is 0 Å². The minimum absolute atomic E-state index is 0.137. The van der Waals surface area contributed by atoms with Crippen LogP contribution in [0.3, 0.4) is 0 Å². The molecule has 0 amide bonds. The van der Waals surface area contributed by atoms with Crippen molar-refractivity contribution in [3.63, 3.8) is 0 Å². The van der Waals surface area contributed by atoms with E-state index in [1.807, 2.05) is 0 Å². The Hall–Kier alpha value is -1.16. The molecule has 15 heavy (non-hydrogen) atoms. The highest BCUT2D eigenvalue weighted by Crippen LogP contribution is 2.42. The Labute approximate surface area is 92.6 Å². The van der Waals surface area contributed by atoms with Crippen molar-refractivity contribution in [3.05, 3.63) is 22.5 Å². The number of ether oxygens (including phenoxy) is 1. The molecule has 4 nitrogen and oxygen atoms in total. The lowest BCUT2D eigenvalue weighted by Gasteiger charge is -2.07. The third-order valence-corrected chi connectivity index (χ3v) is 2.60. The van der Waals surface area contributed by atoms with Crippen molar-refractivity contribution < 1.29 is 9.53 Å². The second-order valence-electron chi connectivity index (χ2n) is 3.46. The molecule has 1 aliphatic rings. The van der Waals surface area contributed by atoms with Crippen LogP contribution in [0.4, 0.5) is 0 Å². The summed E-state index contributed by atoms with van der Waals surface area (Å²) in [4.78, 5) is 11.6. The van der Waals surface area contributed by atoms with Gasteiger partial charge in [-0.15, -0.1) is 5.10 Å². The predicted octanol–water partition coefficient (Wildman–Crippen LogP) is 2.18. The Morgan fingerprint density at radius 1 is 1.67 bits per heavy atom. The van der Waals surface area contributed by atoms with E-state index in [2.05, 4.69) is 10.2 Å². The quantitative estimate of drug-likeness (QED) is 0.742. The largest absolute Gasteiger partial charge is 0.462 e. The van der Waals surface area contributed by atoms with Gasteiger partial charge in [-0.2, -0.15) is 5.10 Å². The van der Waals surface area contributed by atoms with Crippen molar-refractivity contribution in [2.24, 2.45) is 0 Å². The summed E-state index contributed by atoms with van der Waals surface area (Å²) in [5, 5.41) is 7.56. The van der Waals surface area contributed by atoms with Gasteiger partial charge in [0, 0.05) is 0 Å². The van der Waals surface area contributed by atoms with E-state index in [9.17, 15) is 4.79 Å². The second kappa shape index (κ2) is 4.14. The molecule has 80 valence electrons. The molecule has 0 spiro atoms. The van der Waals surface area contributed by atoms with E-state index in [0.29, 0.717) is 18.1 Å². The highest BCUT2D eigenvalue weighted by atomic mass is 35.5. The molecule has 1 heterocycles. The highest BCUT2D eigenvalue weighted by Gasteiger charge is 2.31. The van der Waals surface area contributed by atoms with E-state index in [-0.39, 0.29) is 5.15 Å². The summed E-state index contributed by atoms with van der Waals surface area (Å²) < 4.78 is 4.94. The van der Waals surface area contributed by atoms with Crippen LogP contribution in [0.1, 0.15) is 41.6 Å². The summed E-state index contributed by atoms with van der Waals surface area (Å²) in [7, 11) is 0. The smallest absolute Gasteiger partial charge is 0.341 e. The maximum Gasteiger partial charge on any atom is 0.341 e. The molecule has 1 fully saturated rings. The van der Waals surface area contributed by atoms with Gasteiger partial charge in [-0.1, -0.05) is 11.6 Å². The summed E-state index contributed by atoms with van der Waals surface area (Å²) in [6.07, 6.45) is 3.76. The lowest BCUT2D eigenvalue weighted by Crippen LogP contribution is -2.10. The third-order valence-electron chi connectivity index (χ3n) is 2.33. The number of halogens is 1. The van der Waals surface area contributed by atoms with Gasteiger partial charge in [0.1, 0.15) is 5.56 Å². The van der Waals surface area contributed by atoms with E-state index in [0.717, 1.165) is 18.4 Å². The molecule has 1 aromatic rings. The Kier molecular flexibility index (Phi) is 2.86.